The highest BCUT2D eigenvalue weighted by atomic mass is 16.1. The van der Waals surface area contributed by atoms with Crippen LogP contribution in [0, 0.1) is 0 Å². The summed E-state index contributed by atoms with van der Waals surface area (Å²) in [5.41, 5.74) is 1.15. The highest BCUT2D eigenvalue weighted by Crippen LogP contribution is 2.16. The molecule has 0 saturated carbocycles. The summed E-state index contributed by atoms with van der Waals surface area (Å²) in [5.74, 6) is 0.761. The SMILES string of the molecule is C=CC(=O)Nc1cc(C(C)C)ccn1. The molecule has 1 heterocycles. The molecule has 0 aliphatic carbocycles. The largest absolute Gasteiger partial charge is 0.307 e. The molecule has 1 rings (SSSR count). The fourth-order valence-electron chi connectivity index (χ4n) is 1.05. The summed E-state index contributed by atoms with van der Waals surface area (Å²) >= 11 is 0. The van der Waals surface area contributed by atoms with Crippen molar-refractivity contribution >= 4 is 11.7 Å². The smallest absolute Gasteiger partial charge is 0.248 e. The summed E-state index contributed by atoms with van der Waals surface area (Å²) in [6, 6.07) is 3.81. The van der Waals surface area contributed by atoms with E-state index in [0.29, 0.717) is 11.7 Å². The van der Waals surface area contributed by atoms with Crippen LogP contribution in [0.4, 0.5) is 5.82 Å². The maximum absolute atomic E-state index is 11.0. The second-order valence-corrected chi connectivity index (χ2v) is 3.32. The molecule has 0 radical (unpaired) electrons. The molecule has 1 N–H and O–H groups in total. The van der Waals surface area contributed by atoms with Gasteiger partial charge in [0, 0.05) is 6.20 Å². The molecule has 0 aliphatic rings. The number of anilines is 1. The van der Waals surface area contributed by atoms with E-state index in [2.05, 4.69) is 30.7 Å². The average Bonchev–Trinajstić information content (AvgIpc) is 2.18. The third-order valence-electron chi connectivity index (χ3n) is 1.89. The number of nitrogens with zero attached hydrogens (tertiary/aromatic N) is 1. The number of hydrogen-bond donors (Lipinski definition) is 1. The van der Waals surface area contributed by atoms with Crippen LogP contribution in [-0.4, -0.2) is 10.9 Å². The zero-order chi connectivity index (χ0) is 10.6. The maximum Gasteiger partial charge on any atom is 0.248 e. The van der Waals surface area contributed by atoms with Gasteiger partial charge < -0.3 is 5.32 Å². The molecule has 0 aliphatic heterocycles. The molecule has 0 atom stereocenters. The Kier molecular flexibility index (Phi) is 3.40. The predicted octanol–water partition coefficient (Wildman–Crippen LogP) is 2.33. The van der Waals surface area contributed by atoms with Gasteiger partial charge in [-0.1, -0.05) is 20.4 Å². The monoisotopic (exact) mass is 190 g/mol. The summed E-state index contributed by atoms with van der Waals surface area (Å²) < 4.78 is 0. The molecule has 14 heavy (non-hydrogen) atoms. The van der Waals surface area contributed by atoms with Crippen LogP contribution >= 0.6 is 0 Å². The van der Waals surface area contributed by atoms with Crippen LogP contribution < -0.4 is 5.32 Å². The molecule has 74 valence electrons. The topological polar surface area (TPSA) is 42.0 Å². The van der Waals surface area contributed by atoms with Crippen molar-refractivity contribution in [2.24, 2.45) is 0 Å². The van der Waals surface area contributed by atoms with Crippen LogP contribution in [0.5, 0.6) is 0 Å². The molecular formula is C11H14N2O. The van der Waals surface area contributed by atoms with Crippen molar-refractivity contribution in [3.63, 3.8) is 0 Å². The lowest BCUT2D eigenvalue weighted by molar-refractivity contribution is -0.111. The molecule has 0 fully saturated rings. The number of pyridine rings is 1. The van der Waals surface area contributed by atoms with E-state index in [4.69, 9.17) is 0 Å². The van der Waals surface area contributed by atoms with Gasteiger partial charge in [-0.25, -0.2) is 4.98 Å². The molecule has 3 nitrogen and oxygen atoms in total. The van der Waals surface area contributed by atoms with E-state index in [1.165, 1.54) is 6.08 Å². The molecule has 0 unspecified atom stereocenters. The standard InChI is InChI=1S/C11H14N2O/c1-4-11(14)13-10-7-9(8(2)3)5-6-12-10/h4-8H,1H2,2-3H3,(H,12,13,14). The van der Waals surface area contributed by atoms with E-state index in [9.17, 15) is 4.79 Å². The molecule has 1 amide bonds. The molecule has 1 aromatic rings. The lowest BCUT2D eigenvalue weighted by Crippen LogP contribution is -2.09. The molecule has 0 saturated heterocycles. The van der Waals surface area contributed by atoms with Crippen molar-refractivity contribution in [3.05, 3.63) is 36.5 Å². The fraction of sp³-hybridized carbons (Fsp3) is 0.273. The first-order valence-corrected chi connectivity index (χ1v) is 4.53. The quantitative estimate of drug-likeness (QED) is 0.743. The molecule has 3 heteroatoms. The highest BCUT2D eigenvalue weighted by molar-refractivity contribution is 5.98. The second-order valence-electron chi connectivity index (χ2n) is 3.32. The van der Waals surface area contributed by atoms with Crippen LogP contribution in [0.1, 0.15) is 25.3 Å². The van der Waals surface area contributed by atoms with Crippen molar-refractivity contribution < 1.29 is 4.79 Å². The Labute approximate surface area is 83.9 Å². The first kappa shape index (κ1) is 10.4. The van der Waals surface area contributed by atoms with Gasteiger partial charge in [0.15, 0.2) is 0 Å². The van der Waals surface area contributed by atoms with Gasteiger partial charge in [0.05, 0.1) is 0 Å². The van der Waals surface area contributed by atoms with Gasteiger partial charge in [-0.2, -0.15) is 0 Å². The summed E-state index contributed by atoms with van der Waals surface area (Å²) in [6.45, 7) is 7.56. The summed E-state index contributed by atoms with van der Waals surface area (Å²) in [4.78, 5) is 15.0. The van der Waals surface area contributed by atoms with Crippen LogP contribution in [0.15, 0.2) is 31.0 Å². The van der Waals surface area contributed by atoms with Gasteiger partial charge in [0.25, 0.3) is 0 Å². The lowest BCUT2D eigenvalue weighted by Gasteiger charge is -2.07. The van der Waals surface area contributed by atoms with Crippen LogP contribution in [-0.2, 0) is 4.79 Å². The first-order valence-electron chi connectivity index (χ1n) is 4.53. The second kappa shape index (κ2) is 4.56. The van der Waals surface area contributed by atoms with Gasteiger partial charge >= 0.3 is 0 Å². The third kappa shape index (κ3) is 2.69. The van der Waals surface area contributed by atoms with Crippen LogP contribution in [0.25, 0.3) is 0 Å². The Morgan fingerprint density at radius 1 is 1.64 bits per heavy atom. The third-order valence-corrected chi connectivity index (χ3v) is 1.89. The highest BCUT2D eigenvalue weighted by Gasteiger charge is 2.02. The number of carbonyl (C=O) groups excluding carboxylic acids is 1. The van der Waals surface area contributed by atoms with E-state index in [-0.39, 0.29) is 5.91 Å². The average molecular weight is 190 g/mol. The minimum atomic E-state index is -0.238. The summed E-state index contributed by atoms with van der Waals surface area (Å²) in [5, 5.41) is 2.62. The summed E-state index contributed by atoms with van der Waals surface area (Å²) in [7, 11) is 0. The first-order chi connectivity index (χ1) is 6.63. The normalized spacial score (nSPS) is 9.93. The Hall–Kier alpha value is -1.64. The molecule has 0 spiro atoms. The van der Waals surface area contributed by atoms with Crippen molar-refractivity contribution in [2.75, 3.05) is 5.32 Å². The maximum atomic E-state index is 11.0. The van der Waals surface area contributed by atoms with Crippen LogP contribution in [0.2, 0.25) is 0 Å². The predicted molar refractivity (Wildman–Crippen MR) is 57.2 cm³/mol. The minimum Gasteiger partial charge on any atom is -0.307 e. The molecule has 1 aromatic heterocycles. The van der Waals surface area contributed by atoms with Crippen molar-refractivity contribution in [3.8, 4) is 0 Å². The zero-order valence-corrected chi connectivity index (χ0v) is 8.45. The zero-order valence-electron chi connectivity index (χ0n) is 8.45. The number of carbonyl (C=O) groups is 1. The van der Waals surface area contributed by atoms with Gasteiger partial charge in [-0.05, 0) is 29.7 Å². The van der Waals surface area contributed by atoms with E-state index < -0.39 is 0 Å². The minimum absolute atomic E-state index is 0.238. The number of rotatable bonds is 3. The Balaban J connectivity index is 2.83. The van der Waals surface area contributed by atoms with E-state index >= 15 is 0 Å². The number of amides is 1. The molecule has 0 aromatic carbocycles. The Morgan fingerprint density at radius 3 is 2.93 bits per heavy atom. The van der Waals surface area contributed by atoms with Crippen molar-refractivity contribution in [2.45, 2.75) is 19.8 Å². The van der Waals surface area contributed by atoms with E-state index in [0.717, 1.165) is 5.56 Å². The van der Waals surface area contributed by atoms with E-state index in [1.54, 1.807) is 6.20 Å². The molecule has 0 bridgehead atoms. The van der Waals surface area contributed by atoms with Gasteiger partial charge in [0.1, 0.15) is 5.82 Å². The lowest BCUT2D eigenvalue weighted by atomic mass is 10.1. The fourth-order valence-corrected chi connectivity index (χ4v) is 1.05. The van der Waals surface area contributed by atoms with Gasteiger partial charge in [-0.15, -0.1) is 0 Å². The van der Waals surface area contributed by atoms with Crippen molar-refractivity contribution in [1.29, 1.82) is 0 Å². The number of aromatic nitrogens is 1. The molecular weight excluding hydrogens is 176 g/mol. The van der Waals surface area contributed by atoms with Crippen molar-refractivity contribution in [1.82, 2.24) is 4.98 Å². The number of hydrogen-bond acceptors (Lipinski definition) is 2. The number of nitrogens with one attached hydrogen (secondary N) is 1. The Bertz CT molecular complexity index is 345. The van der Waals surface area contributed by atoms with Gasteiger partial charge in [-0.3, -0.25) is 4.79 Å². The summed E-state index contributed by atoms with van der Waals surface area (Å²) in [6.07, 6.45) is 2.91. The Morgan fingerprint density at radius 2 is 2.36 bits per heavy atom. The van der Waals surface area contributed by atoms with E-state index in [1.807, 2.05) is 12.1 Å². The van der Waals surface area contributed by atoms with Crippen LogP contribution in [0.3, 0.4) is 0 Å². The van der Waals surface area contributed by atoms with Gasteiger partial charge in [0.2, 0.25) is 5.91 Å².